The molecule has 1 aliphatic heterocycles. The molecule has 1 atom stereocenters. The number of para-hydroxylation sites is 1. The molecule has 1 heterocycles. The molecular weight excluding hydrogens is 234 g/mol. The van der Waals surface area contributed by atoms with Crippen molar-refractivity contribution in [3.63, 3.8) is 0 Å². The third kappa shape index (κ3) is 3.28. The van der Waals surface area contributed by atoms with Gasteiger partial charge in [0, 0.05) is 5.69 Å². The van der Waals surface area contributed by atoms with E-state index in [1.807, 2.05) is 0 Å². The Bertz CT molecular complexity index is 439. The van der Waals surface area contributed by atoms with Gasteiger partial charge in [-0.05, 0) is 25.0 Å². The highest BCUT2D eigenvalue weighted by molar-refractivity contribution is 5.97. The third-order valence-electron chi connectivity index (χ3n) is 3.84. The Morgan fingerprint density at radius 2 is 2.05 bits per heavy atom. The Labute approximate surface area is 116 Å². The van der Waals surface area contributed by atoms with Crippen LogP contribution in [-0.2, 0) is 0 Å². The number of hydrogen-bond donors (Lipinski definition) is 1. The molecule has 0 bridgehead atoms. The zero-order valence-corrected chi connectivity index (χ0v) is 12.1. The number of unbranched alkanes of at least 4 members (excludes halogenated alkanes) is 3. The van der Waals surface area contributed by atoms with E-state index in [9.17, 15) is 0 Å². The first-order valence-electron chi connectivity index (χ1n) is 7.38. The minimum atomic E-state index is 0.443. The first-order valence-corrected chi connectivity index (χ1v) is 7.38. The first-order chi connectivity index (χ1) is 9.24. The highest BCUT2D eigenvalue weighted by Crippen LogP contribution is 2.26. The number of benzene rings is 1. The van der Waals surface area contributed by atoms with Gasteiger partial charge in [0.2, 0.25) is 0 Å². The highest BCUT2D eigenvalue weighted by Gasteiger charge is 2.27. The number of nitrogens with two attached hydrogens (primary N) is 1. The second-order valence-corrected chi connectivity index (χ2v) is 5.36. The summed E-state index contributed by atoms with van der Waals surface area (Å²) in [5.41, 5.74) is 8.55. The number of rotatable bonds is 6. The Balaban J connectivity index is 2.03. The van der Waals surface area contributed by atoms with Crippen LogP contribution in [0.15, 0.2) is 29.3 Å². The molecule has 1 aromatic rings. The normalized spacial score (nSPS) is 18.7. The topological polar surface area (TPSA) is 41.6 Å². The predicted octanol–water partition coefficient (Wildman–Crippen LogP) is 3.47. The highest BCUT2D eigenvalue weighted by atomic mass is 15.3. The van der Waals surface area contributed by atoms with Gasteiger partial charge in [0.1, 0.15) is 0 Å². The van der Waals surface area contributed by atoms with Gasteiger partial charge in [0.05, 0.1) is 12.6 Å². The summed E-state index contributed by atoms with van der Waals surface area (Å²) >= 11 is 0. The smallest absolute Gasteiger partial charge is 0.196 e. The fourth-order valence-corrected chi connectivity index (χ4v) is 2.72. The fraction of sp³-hybridized carbons (Fsp3) is 0.562. The molecule has 3 heteroatoms. The van der Waals surface area contributed by atoms with E-state index in [1.165, 1.54) is 43.4 Å². The molecule has 0 saturated heterocycles. The largest absolute Gasteiger partial charge is 0.370 e. The van der Waals surface area contributed by atoms with E-state index in [0.717, 1.165) is 6.54 Å². The van der Waals surface area contributed by atoms with Gasteiger partial charge in [0.15, 0.2) is 5.96 Å². The molecule has 0 radical (unpaired) electrons. The van der Waals surface area contributed by atoms with Crippen LogP contribution in [0, 0.1) is 6.92 Å². The summed E-state index contributed by atoms with van der Waals surface area (Å²) in [5, 5.41) is 0. The number of aliphatic imine (C=N–C) groups is 1. The van der Waals surface area contributed by atoms with E-state index in [0.29, 0.717) is 12.0 Å². The van der Waals surface area contributed by atoms with Crippen molar-refractivity contribution in [2.24, 2.45) is 10.7 Å². The van der Waals surface area contributed by atoms with E-state index in [4.69, 9.17) is 5.73 Å². The Hall–Kier alpha value is -1.51. The number of nitrogens with zero attached hydrogens (tertiary/aromatic N) is 2. The van der Waals surface area contributed by atoms with Crippen LogP contribution in [0.5, 0.6) is 0 Å². The molecule has 1 aromatic carbocycles. The molecule has 0 aromatic heterocycles. The third-order valence-corrected chi connectivity index (χ3v) is 3.84. The zero-order valence-electron chi connectivity index (χ0n) is 12.1. The summed E-state index contributed by atoms with van der Waals surface area (Å²) in [6.07, 6.45) is 6.37. The van der Waals surface area contributed by atoms with Gasteiger partial charge in [0.25, 0.3) is 0 Å². The Kier molecular flexibility index (Phi) is 4.83. The van der Waals surface area contributed by atoms with Crippen molar-refractivity contribution in [3.05, 3.63) is 29.8 Å². The molecule has 0 spiro atoms. The van der Waals surface area contributed by atoms with Gasteiger partial charge < -0.3 is 10.6 Å². The lowest BCUT2D eigenvalue weighted by molar-refractivity contribution is 0.565. The van der Waals surface area contributed by atoms with Crippen LogP contribution < -0.4 is 10.6 Å². The molecular formula is C16H25N3. The van der Waals surface area contributed by atoms with Crippen molar-refractivity contribution < 1.29 is 0 Å². The Morgan fingerprint density at radius 1 is 1.26 bits per heavy atom. The van der Waals surface area contributed by atoms with E-state index in [1.54, 1.807) is 0 Å². The average molecular weight is 259 g/mol. The van der Waals surface area contributed by atoms with Gasteiger partial charge in [-0.1, -0.05) is 50.8 Å². The van der Waals surface area contributed by atoms with Crippen molar-refractivity contribution in [1.82, 2.24) is 0 Å². The van der Waals surface area contributed by atoms with Gasteiger partial charge in [-0.15, -0.1) is 0 Å². The van der Waals surface area contributed by atoms with Crippen LogP contribution in [0.4, 0.5) is 5.69 Å². The van der Waals surface area contributed by atoms with Crippen LogP contribution in [-0.4, -0.2) is 18.5 Å². The molecule has 1 unspecified atom stereocenters. The lowest BCUT2D eigenvalue weighted by Crippen LogP contribution is -2.41. The Morgan fingerprint density at radius 3 is 2.79 bits per heavy atom. The van der Waals surface area contributed by atoms with Crippen molar-refractivity contribution in [1.29, 1.82) is 0 Å². The minimum absolute atomic E-state index is 0.443. The predicted molar refractivity (Wildman–Crippen MR) is 82.7 cm³/mol. The van der Waals surface area contributed by atoms with Crippen LogP contribution >= 0.6 is 0 Å². The SMILES string of the molecule is CCCCCCC1CN=C(N)N1c1ccccc1C. The summed E-state index contributed by atoms with van der Waals surface area (Å²) in [5.74, 6) is 0.676. The van der Waals surface area contributed by atoms with Gasteiger partial charge in [-0.3, -0.25) is 4.99 Å². The molecule has 104 valence electrons. The lowest BCUT2D eigenvalue weighted by atomic mass is 10.1. The summed E-state index contributed by atoms with van der Waals surface area (Å²) in [6.45, 7) is 5.22. The lowest BCUT2D eigenvalue weighted by Gasteiger charge is -2.27. The van der Waals surface area contributed by atoms with Crippen LogP contribution in [0.3, 0.4) is 0 Å². The van der Waals surface area contributed by atoms with Crippen molar-refractivity contribution in [2.45, 2.75) is 52.0 Å². The molecule has 0 aliphatic carbocycles. The van der Waals surface area contributed by atoms with E-state index in [2.05, 4.69) is 48.0 Å². The van der Waals surface area contributed by atoms with Gasteiger partial charge in [-0.25, -0.2) is 0 Å². The maximum absolute atomic E-state index is 6.08. The summed E-state index contributed by atoms with van der Waals surface area (Å²) in [4.78, 5) is 6.66. The summed E-state index contributed by atoms with van der Waals surface area (Å²) in [6, 6.07) is 8.86. The van der Waals surface area contributed by atoms with Gasteiger partial charge >= 0.3 is 0 Å². The molecule has 2 rings (SSSR count). The maximum Gasteiger partial charge on any atom is 0.196 e. The number of guanidine groups is 1. The quantitative estimate of drug-likeness (QED) is 0.795. The van der Waals surface area contributed by atoms with Crippen molar-refractivity contribution in [3.8, 4) is 0 Å². The second-order valence-electron chi connectivity index (χ2n) is 5.36. The fourth-order valence-electron chi connectivity index (χ4n) is 2.72. The molecule has 1 aliphatic rings. The molecule has 2 N–H and O–H groups in total. The van der Waals surface area contributed by atoms with Crippen molar-refractivity contribution in [2.75, 3.05) is 11.4 Å². The van der Waals surface area contributed by atoms with Crippen LogP contribution in [0.2, 0.25) is 0 Å². The van der Waals surface area contributed by atoms with E-state index >= 15 is 0 Å². The standard InChI is InChI=1S/C16H25N3/c1-3-4-5-6-10-14-12-18-16(17)19(14)15-11-8-7-9-13(15)2/h7-9,11,14H,3-6,10,12H2,1-2H3,(H2,17,18). The number of aryl methyl sites for hydroxylation is 1. The summed E-state index contributed by atoms with van der Waals surface area (Å²) < 4.78 is 0. The van der Waals surface area contributed by atoms with Crippen LogP contribution in [0.1, 0.15) is 44.6 Å². The van der Waals surface area contributed by atoms with Crippen molar-refractivity contribution >= 4 is 11.6 Å². The first kappa shape index (κ1) is 13.9. The number of hydrogen-bond acceptors (Lipinski definition) is 3. The van der Waals surface area contributed by atoms with E-state index < -0.39 is 0 Å². The monoisotopic (exact) mass is 259 g/mol. The molecule has 0 saturated carbocycles. The molecule has 0 amide bonds. The second kappa shape index (κ2) is 6.60. The molecule has 19 heavy (non-hydrogen) atoms. The average Bonchev–Trinajstić information content (AvgIpc) is 2.77. The maximum atomic E-state index is 6.08. The minimum Gasteiger partial charge on any atom is -0.370 e. The number of anilines is 1. The zero-order chi connectivity index (χ0) is 13.7. The van der Waals surface area contributed by atoms with Crippen LogP contribution in [0.25, 0.3) is 0 Å². The molecule has 3 nitrogen and oxygen atoms in total. The van der Waals surface area contributed by atoms with E-state index in [-0.39, 0.29) is 0 Å². The molecule has 0 fully saturated rings. The van der Waals surface area contributed by atoms with Gasteiger partial charge in [-0.2, -0.15) is 0 Å². The summed E-state index contributed by atoms with van der Waals surface area (Å²) in [7, 11) is 0.